The van der Waals surface area contributed by atoms with Gasteiger partial charge in [-0.2, -0.15) is 0 Å². The zero-order valence-corrected chi connectivity index (χ0v) is 11.7. The molecule has 0 bridgehead atoms. The van der Waals surface area contributed by atoms with Crippen molar-refractivity contribution in [2.24, 2.45) is 5.73 Å². The number of aryl methyl sites for hydroxylation is 1. The Morgan fingerprint density at radius 1 is 1.50 bits per heavy atom. The van der Waals surface area contributed by atoms with E-state index >= 15 is 0 Å². The predicted octanol–water partition coefficient (Wildman–Crippen LogP) is 0.981. The molecule has 1 aromatic rings. The second-order valence-corrected chi connectivity index (χ2v) is 4.78. The molecule has 0 amide bonds. The quantitative estimate of drug-likeness (QED) is 0.431. The predicted molar refractivity (Wildman–Crippen MR) is 70.4 cm³/mol. The standard InChI is InChI=1S/C11H20N4O2S/c1-3-4-7-17-10(16)8-18-11-14-13-9(2)15(11)6-5-12/h3-8,12H2,1-2H3. The van der Waals surface area contributed by atoms with Crippen LogP contribution in [0.3, 0.4) is 0 Å². The van der Waals surface area contributed by atoms with Crippen molar-refractivity contribution in [1.29, 1.82) is 0 Å². The lowest BCUT2D eigenvalue weighted by atomic mass is 10.4. The Hall–Kier alpha value is -1.08. The van der Waals surface area contributed by atoms with E-state index in [0.717, 1.165) is 18.7 Å². The van der Waals surface area contributed by atoms with Crippen LogP contribution in [0.1, 0.15) is 25.6 Å². The number of nitrogens with two attached hydrogens (primary N) is 1. The van der Waals surface area contributed by atoms with Crippen molar-refractivity contribution in [3.05, 3.63) is 5.82 Å². The molecule has 0 fully saturated rings. The maximum Gasteiger partial charge on any atom is 0.316 e. The van der Waals surface area contributed by atoms with Gasteiger partial charge in [0.1, 0.15) is 5.82 Å². The minimum Gasteiger partial charge on any atom is -0.465 e. The summed E-state index contributed by atoms with van der Waals surface area (Å²) >= 11 is 1.33. The average molecular weight is 272 g/mol. The second kappa shape index (κ2) is 8.10. The molecule has 0 spiro atoms. The molecule has 0 atom stereocenters. The fourth-order valence-electron chi connectivity index (χ4n) is 1.35. The van der Waals surface area contributed by atoms with Crippen LogP contribution in [0.4, 0.5) is 0 Å². The Morgan fingerprint density at radius 2 is 2.28 bits per heavy atom. The Labute approximate surface area is 111 Å². The second-order valence-electron chi connectivity index (χ2n) is 3.83. The van der Waals surface area contributed by atoms with Gasteiger partial charge in [-0.15, -0.1) is 10.2 Å². The van der Waals surface area contributed by atoms with Gasteiger partial charge in [0.05, 0.1) is 12.4 Å². The summed E-state index contributed by atoms with van der Waals surface area (Å²) in [6.45, 7) is 5.59. The maximum atomic E-state index is 11.4. The first kappa shape index (κ1) is 15.0. The SMILES string of the molecule is CCCCOC(=O)CSc1nnc(C)n1CCN. The molecule has 0 aliphatic rings. The lowest BCUT2D eigenvalue weighted by Crippen LogP contribution is -2.13. The summed E-state index contributed by atoms with van der Waals surface area (Å²) in [5.74, 6) is 0.850. The van der Waals surface area contributed by atoms with Crippen molar-refractivity contribution >= 4 is 17.7 Å². The molecule has 6 nitrogen and oxygen atoms in total. The van der Waals surface area contributed by atoms with E-state index in [1.54, 1.807) is 0 Å². The van der Waals surface area contributed by atoms with E-state index in [2.05, 4.69) is 17.1 Å². The van der Waals surface area contributed by atoms with Crippen LogP contribution < -0.4 is 5.73 Å². The number of esters is 1. The summed E-state index contributed by atoms with van der Waals surface area (Å²) in [6.07, 6.45) is 1.92. The fourth-order valence-corrected chi connectivity index (χ4v) is 2.16. The molecule has 0 aliphatic carbocycles. The number of hydrogen-bond acceptors (Lipinski definition) is 6. The molecule has 0 aromatic carbocycles. The third kappa shape index (κ3) is 4.66. The summed E-state index contributed by atoms with van der Waals surface area (Å²) < 4.78 is 6.98. The zero-order valence-electron chi connectivity index (χ0n) is 10.9. The molecule has 0 unspecified atom stereocenters. The van der Waals surface area contributed by atoms with E-state index in [1.165, 1.54) is 11.8 Å². The van der Waals surface area contributed by atoms with Gasteiger partial charge in [-0.1, -0.05) is 25.1 Å². The third-order valence-corrected chi connectivity index (χ3v) is 3.27. The van der Waals surface area contributed by atoms with Crippen molar-refractivity contribution in [1.82, 2.24) is 14.8 Å². The summed E-state index contributed by atoms with van der Waals surface area (Å²) in [4.78, 5) is 11.4. The summed E-state index contributed by atoms with van der Waals surface area (Å²) in [7, 11) is 0. The maximum absolute atomic E-state index is 11.4. The number of carbonyl (C=O) groups excluding carboxylic acids is 1. The Balaban J connectivity index is 2.40. The van der Waals surface area contributed by atoms with E-state index in [-0.39, 0.29) is 11.7 Å². The number of unbranched alkanes of at least 4 members (excludes halogenated alkanes) is 1. The van der Waals surface area contributed by atoms with Gasteiger partial charge in [0.25, 0.3) is 0 Å². The summed E-state index contributed by atoms with van der Waals surface area (Å²) in [5.41, 5.74) is 5.52. The zero-order chi connectivity index (χ0) is 13.4. The number of ether oxygens (including phenoxy) is 1. The number of nitrogens with zero attached hydrogens (tertiary/aromatic N) is 3. The molecule has 2 N–H and O–H groups in total. The van der Waals surface area contributed by atoms with Crippen LogP contribution in [0.5, 0.6) is 0 Å². The number of rotatable bonds is 8. The molecule has 0 saturated carbocycles. The minimum atomic E-state index is -0.214. The smallest absolute Gasteiger partial charge is 0.316 e. The van der Waals surface area contributed by atoms with E-state index in [4.69, 9.17) is 10.5 Å². The molecule has 1 heterocycles. The van der Waals surface area contributed by atoms with Crippen LogP contribution in [0.25, 0.3) is 0 Å². The number of hydrogen-bond donors (Lipinski definition) is 1. The molecular weight excluding hydrogens is 252 g/mol. The van der Waals surface area contributed by atoms with Gasteiger partial charge >= 0.3 is 5.97 Å². The molecule has 0 radical (unpaired) electrons. The van der Waals surface area contributed by atoms with Gasteiger partial charge in [0, 0.05) is 13.1 Å². The van der Waals surface area contributed by atoms with Crippen LogP contribution in [0.2, 0.25) is 0 Å². The van der Waals surface area contributed by atoms with Crippen LogP contribution in [-0.4, -0.2) is 39.6 Å². The number of aromatic nitrogens is 3. The Morgan fingerprint density at radius 3 is 2.94 bits per heavy atom. The number of thioether (sulfide) groups is 1. The van der Waals surface area contributed by atoms with Crippen molar-refractivity contribution < 1.29 is 9.53 Å². The third-order valence-electron chi connectivity index (χ3n) is 2.33. The molecule has 1 rings (SSSR count). The molecule has 7 heteroatoms. The highest BCUT2D eigenvalue weighted by Gasteiger charge is 2.11. The monoisotopic (exact) mass is 272 g/mol. The van der Waals surface area contributed by atoms with Crippen molar-refractivity contribution in [3.63, 3.8) is 0 Å². The van der Waals surface area contributed by atoms with Gasteiger partial charge in [0.2, 0.25) is 0 Å². The van der Waals surface area contributed by atoms with Crippen LogP contribution >= 0.6 is 11.8 Å². The highest BCUT2D eigenvalue weighted by atomic mass is 32.2. The Kier molecular flexibility index (Phi) is 6.74. The van der Waals surface area contributed by atoms with E-state index in [9.17, 15) is 4.79 Å². The van der Waals surface area contributed by atoms with Gasteiger partial charge < -0.3 is 15.0 Å². The highest BCUT2D eigenvalue weighted by Crippen LogP contribution is 2.16. The molecular formula is C11H20N4O2S. The van der Waals surface area contributed by atoms with Crippen molar-refractivity contribution in [3.8, 4) is 0 Å². The topological polar surface area (TPSA) is 83.0 Å². The Bertz CT molecular complexity index is 381. The van der Waals surface area contributed by atoms with Crippen LogP contribution in [0, 0.1) is 6.92 Å². The minimum absolute atomic E-state index is 0.214. The van der Waals surface area contributed by atoms with E-state index in [1.807, 2.05) is 11.5 Å². The van der Waals surface area contributed by atoms with Crippen LogP contribution in [0.15, 0.2) is 5.16 Å². The van der Waals surface area contributed by atoms with Gasteiger partial charge in [-0.05, 0) is 13.3 Å². The van der Waals surface area contributed by atoms with E-state index < -0.39 is 0 Å². The summed E-state index contributed by atoms with van der Waals surface area (Å²) in [5, 5.41) is 8.70. The largest absolute Gasteiger partial charge is 0.465 e. The molecule has 1 aromatic heterocycles. The molecule has 18 heavy (non-hydrogen) atoms. The van der Waals surface area contributed by atoms with Crippen molar-refractivity contribution in [2.75, 3.05) is 18.9 Å². The van der Waals surface area contributed by atoms with Crippen molar-refractivity contribution in [2.45, 2.75) is 38.4 Å². The average Bonchev–Trinajstić information content (AvgIpc) is 2.69. The van der Waals surface area contributed by atoms with Crippen LogP contribution in [-0.2, 0) is 16.1 Å². The van der Waals surface area contributed by atoms with Gasteiger partial charge in [-0.3, -0.25) is 4.79 Å². The van der Waals surface area contributed by atoms with Gasteiger partial charge in [0.15, 0.2) is 5.16 Å². The number of carbonyl (C=O) groups is 1. The lowest BCUT2D eigenvalue weighted by molar-refractivity contribution is -0.140. The summed E-state index contributed by atoms with van der Waals surface area (Å²) in [6, 6.07) is 0. The molecule has 0 aliphatic heterocycles. The van der Waals surface area contributed by atoms with E-state index in [0.29, 0.717) is 24.9 Å². The highest BCUT2D eigenvalue weighted by molar-refractivity contribution is 7.99. The van der Waals surface area contributed by atoms with Gasteiger partial charge in [-0.25, -0.2) is 0 Å². The molecule has 102 valence electrons. The first-order chi connectivity index (χ1) is 8.69. The first-order valence-electron chi connectivity index (χ1n) is 6.07. The normalized spacial score (nSPS) is 10.6. The molecule has 0 saturated heterocycles. The first-order valence-corrected chi connectivity index (χ1v) is 7.05. The lowest BCUT2D eigenvalue weighted by Gasteiger charge is -2.06. The fraction of sp³-hybridized carbons (Fsp3) is 0.727.